The number of allylic oxidation sites excluding steroid dienone is 1. The van der Waals surface area contributed by atoms with Gasteiger partial charge in [0.2, 0.25) is 0 Å². The number of hydrogen-bond donors (Lipinski definition) is 0. The molecule has 1 aromatic carbocycles. The Kier molecular flexibility index (Phi) is 3.63. The van der Waals surface area contributed by atoms with Gasteiger partial charge in [0, 0.05) is 12.3 Å². The summed E-state index contributed by atoms with van der Waals surface area (Å²) in [6.07, 6.45) is 0.665. The van der Waals surface area contributed by atoms with E-state index in [0.717, 1.165) is 5.56 Å². The zero-order valence-corrected chi connectivity index (χ0v) is 8.79. The fourth-order valence-corrected chi connectivity index (χ4v) is 1.34. The molecule has 74 valence electrons. The van der Waals surface area contributed by atoms with E-state index in [9.17, 15) is 4.79 Å². The average molecular weight is 188 g/mol. The van der Waals surface area contributed by atoms with Gasteiger partial charge in [-0.3, -0.25) is 4.79 Å². The molecule has 0 heterocycles. The third-order valence-corrected chi connectivity index (χ3v) is 2.13. The van der Waals surface area contributed by atoms with E-state index in [1.807, 2.05) is 44.2 Å². The van der Waals surface area contributed by atoms with Crippen LogP contribution in [0.5, 0.6) is 0 Å². The SMILES string of the molecule is C=C(Cc1ccccc1)C(=O)C(C)C. The van der Waals surface area contributed by atoms with Crippen molar-refractivity contribution in [2.45, 2.75) is 20.3 Å². The number of rotatable bonds is 4. The Bertz CT molecular complexity index is 322. The van der Waals surface area contributed by atoms with Gasteiger partial charge in [0.15, 0.2) is 5.78 Å². The van der Waals surface area contributed by atoms with E-state index < -0.39 is 0 Å². The van der Waals surface area contributed by atoms with Gasteiger partial charge < -0.3 is 0 Å². The second kappa shape index (κ2) is 4.75. The molecule has 0 aromatic heterocycles. The molecular weight excluding hydrogens is 172 g/mol. The summed E-state index contributed by atoms with van der Waals surface area (Å²) in [5, 5.41) is 0. The summed E-state index contributed by atoms with van der Waals surface area (Å²) in [5.41, 5.74) is 1.85. The summed E-state index contributed by atoms with van der Waals surface area (Å²) < 4.78 is 0. The maximum absolute atomic E-state index is 11.5. The number of Topliss-reactive ketones (excluding diaryl/α,β-unsaturated/α-hetero) is 1. The van der Waals surface area contributed by atoms with E-state index in [-0.39, 0.29) is 11.7 Å². The van der Waals surface area contributed by atoms with Crippen LogP contribution >= 0.6 is 0 Å². The molecular formula is C13H16O. The molecule has 0 saturated carbocycles. The van der Waals surface area contributed by atoms with Gasteiger partial charge in [-0.05, 0) is 11.1 Å². The van der Waals surface area contributed by atoms with Crippen molar-refractivity contribution in [1.82, 2.24) is 0 Å². The second-order valence-corrected chi connectivity index (χ2v) is 3.78. The zero-order chi connectivity index (χ0) is 10.6. The molecule has 1 heteroatoms. The number of benzene rings is 1. The van der Waals surface area contributed by atoms with Gasteiger partial charge in [0.05, 0.1) is 0 Å². The van der Waals surface area contributed by atoms with Crippen molar-refractivity contribution < 1.29 is 4.79 Å². The van der Waals surface area contributed by atoms with Crippen molar-refractivity contribution in [2.75, 3.05) is 0 Å². The predicted molar refractivity (Wildman–Crippen MR) is 59.1 cm³/mol. The molecule has 0 aliphatic heterocycles. The molecule has 0 fully saturated rings. The minimum absolute atomic E-state index is 0.0474. The van der Waals surface area contributed by atoms with Crippen LogP contribution in [0.25, 0.3) is 0 Å². The van der Waals surface area contributed by atoms with Gasteiger partial charge >= 0.3 is 0 Å². The lowest BCUT2D eigenvalue weighted by Crippen LogP contribution is -2.11. The molecule has 0 aliphatic carbocycles. The van der Waals surface area contributed by atoms with E-state index >= 15 is 0 Å². The molecule has 0 atom stereocenters. The second-order valence-electron chi connectivity index (χ2n) is 3.78. The highest BCUT2D eigenvalue weighted by atomic mass is 16.1. The quantitative estimate of drug-likeness (QED) is 0.664. The van der Waals surface area contributed by atoms with Crippen molar-refractivity contribution in [2.24, 2.45) is 5.92 Å². The molecule has 0 unspecified atom stereocenters. The van der Waals surface area contributed by atoms with Crippen LogP contribution in [0, 0.1) is 5.92 Å². The van der Waals surface area contributed by atoms with Crippen LogP contribution in [0.2, 0.25) is 0 Å². The monoisotopic (exact) mass is 188 g/mol. The lowest BCUT2D eigenvalue weighted by Gasteiger charge is -2.07. The Labute approximate surface area is 85.5 Å². The topological polar surface area (TPSA) is 17.1 Å². The van der Waals surface area contributed by atoms with Crippen LogP contribution in [-0.4, -0.2) is 5.78 Å². The lowest BCUT2D eigenvalue weighted by molar-refractivity contribution is -0.118. The number of hydrogen-bond acceptors (Lipinski definition) is 1. The van der Waals surface area contributed by atoms with Crippen molar-refractivity contribution in [1.29, 1.82) is 0 Å². The van der Waals surface area contributed by atoms with Crippen LogP contribution in [0.4, 0.5) is 0 Å². The molecule has 0 bridgehead atoms. The fourth-order valence-electron chi connectivity index (χ4n) is 1.34. The largest absolute Gasteiger partial charge is 0.294 e. The first-order chi connectivity index (χ1) is 6.61. The molecule has 0 radical (unpaired) electrons. The van der Waals surface area contributed by atoms with E-state index in [0.29, 0.717) is 12.0 Å². The number of ketones is 1. The minimum Gasteiger partial charge on any atom is -0.294 e. The van der Waals surface area contributed by atoms with E-state index in [4.69, 9.17) is 0 Å². The van der Waals surface area contributed by atoms with Crippen LogP contribution in [0.3, 0.4) is 0 Å². The fraction of sp³-hybridized carbons (Fsp3) is 0.308. The molecule has 0 spiro atoms. The van der Waals surface area contributed by atoms with Crippen LogP contribution < -0.4 is 0 Å². The molecule has 1 nitrogen and oxygen atoms in total. The smallest absolute Gasteiger partial charge is 0.161 e. The molecule has 0 amide bonds. The lowest BCUT2D eigenvalue weighted by atomic mass is 9.97. The van der Waals surface area contributed by atoms with Crippen LogP contribution in [-0.2, 0) is 11.2 Å². The Balaban J connectivity index is 2.63. The van der Waals surface area contributed by atoms with Crippen molar-refractivity contribution >= 4 is 5.78 Å². The molecule has 14 heavy (non-hydrogen) atoms. The van der Waals surface area contributed by atoms with Crippen LogP contribution in [0.1, 0.15) is 19.4 Å². The Morgan fingerprint density at radius 2 is 1.86 bits per heavy atom. The highest BCUT2D eigenvalue weighted by Gasteiger charge is 2.11. The summed E-state index contributed by atoms with van der Waals surface area (Å²) in [6.45, 7) is 7.62. The molecule has 0 aliphatic rings. The molecule has 0 N–H and O–H groups in total. The highest BCUT2D eigenvalue weighted by molar-refractivity contribution is 5.96. The first kappa shape index (κ1) is 10.7. The summed E-state index contributed by atoms with van der Waals surface area (Å²) in [5.74, 6) is 0.208. The van der Waals surface area contributed by atoms with Crippen molar-refractivity contribution in [3.8, 4) is 0 Å². The maximum Gasteiger partial charge on any atom is 0.161 e. The van der Waals surface area contributed by atoms with E-state index in [1.165, 1.54) is 0 Å². The van der Waals surface area contributed by atoms with Gasteiger partial charge in [-0.1, -0.05) is 50.8 Å². The van der Waals surface area contributed by atoms with Crippen molar-refractivity contribution in [3.05, 3.63) is 48.0 Å². The summed E-state index contributed by atoms with van der Waals surface area (Å²) in [6, 6.07) is 9.94. The van der Waals surface area contributed by atoms with Crippen molar-refractivity contribution in [3.63, 3.8) is 0 Å². The maximum atomic E-state index is 11.5. The third-order valence-electron chi connectivity index (χ3n) is 2.13. The average Bonchev–Trinajstić information content (AvgIpc) is 2.18. The Morgan fingerprint density at radius 3 is 2.36 bits per heavy atom. The van der Waals surface area contributed by atoms with Gasteiger partial charge in [-0.2, -0.15) is 0 Å². The first-order valence-electron chi connectivity index (χ1n) is 4.87. The van der Waals surface area contributed by atoms with Gasteiger partial charge in [-0.25, -0.2) is 0 Å². The number of carbonyl (C=O) groups excluding carboxylic acids is 1. The van der Waals surface area contributed by atoms with Gasteiger partial charge in [0.25, 0.3) is 0 Å². The van der Waals surface area contributed by atoms with E-state index in [2.05, 4.69) is 6.58 Å². The normalized spacial score (nSPS) is 10.2. The zero-order valence-electron chi connectivity index (χ0n) is 8.79. The number of carbonyl (C=O) groups is 1. The van der Waals surface area contributed by atoms with Gasteiger partial charge in [-0.15, -0.1) is 0 Å². The summed E-state index contributed by atoms with van der Waals surface area (Å²) in [4.78, 5) is 11.5. The summed E-state index contributed by atoms with van der Waals surface area (Å²) >= 11 is 0. The van der Waals surface area contributed by atoms with E-state index in [1.54, 1.807) is 0 Å². The molecule has 1 rings (SSSR count). The molecule has 1 aromatic rings. The highest BCUT2D eigenvalue weighted by Crippen LogP contribution is 2.10. The predicted octanol–water partition coefficient (Wildman–Crippen LogP) is 3.01. The summed E-state index contributed by atoms with van der Waals surface area (Å²) in [7, 11) is 0. The first-order valence-corrected chi connectivity index (χ1v) is 4.87. The molecule has 0 saturated heterocycles. The van der Waals surface area contributed by atoms with Crippen LogP contribution in [0.15, 0.2) is 42.5 Å². The standard InChI is InChI=1S/C13H16O/c1-10(2)13(14)11(3)9-12-7-5-4-6-8-12/h4-8,10H,3,9H2,1-2H3. The Hall–Kier alpha value is -1.37. The third kappa shape index (κ3) is 2.84. The minimum atomic E-state index is 0.0474. The Morgan fingerprint density at radius 1 is 1.29 bits per heavy atom. The van der Waals surface area contributed by atoms with Gasteiger partial charge in [0.1, 0.15) is 0 Å².